The van der Waals surface area contributed by atoms with Crippen LogP contribution in [0.4, 0.5) is 5.69 Å². The largest absolute Gasteiger partial charge is 0.354 e. The van der Waals surface area contributed by atoms with E-state index < -0.39 is 16.1 Å². The Morgan fingerprint density at radius 3 is 2.44 bits per heavy atom. The predicted octanol–water partition coefficient (Wildman–Crippen LogP) is 1.83. The van der Waals surface area contributed by atoms with Crippen molar-refractivity contribution in [2.45, 2.75) is 38.6 Å². The number of para-hydroxylation sites is 1. The van der Waals surface area contributed by atoms with E-state index in [0.717, 1.165) is 32.3 Å². The Bertz CT molecular complexity index is 643. The SMILES string of the molecule is CC(C(=O)NCCCN1CCCCC1)N(c1ccccc1)S(C)(=O)=O. The maximum atomic E-state index is 12.4. The van der Waals surface area contributed by atoms with E-state index in [9.17, 15) is 13.2 Å². The predicted molar refractivity (Wildman–Crippen MR) is 101 cm³/mol. The molecule has 25 heavy (non-hydrogen) atoms. The molecule has 1 amide bonds. The highest BCUT2D eigenvalue weighted by Crippen LogP contribution is 2.20. The molecule has 140 valence electrons. The quantitative estimate of drug-likeness (QED) is 0.712. The van der Waals surface area contributed by atoms with Crippen LogP contribution >= 0.6 is 0 Å². The van der Waals surface area contributed by atoms with Crippen LogP contribution in [0.2, 0.25) is 0 Å². The second kappa shape index (κ2) is 9.20. The van der Waals surface area contributed by atoms with E-state index in [4.69, 9.17) is 0 Å². The fourth-order valence-electron chi connectivity index (χ4n) is 3.23. The van der Waals surface area contributed by atoms with E-state index in [1.807, 2.05) is 6.07 Å². The summed E-state index contributed by atoms with van der Waals surface area (Å²) in [6.07, 6.45) is 5.82. The van der Waals surface area contributed by atoms with E-state index in [0.29, 0.717) is 12.2 Å². The molecule has 0 aromatic heterocycles. The zero-order valence-electron chi connectivity index (χ0n) is 15.1. The lowest BCUT2D eigenvalue weighted by Crippen LogP contribution is -2.48. The van der Waals surface area contributed by atoms with E-state index >= 15 is 0 Å². The van der Waals surface area contributed by atoms with Crippen LogP contribution in [0.3, 0.4) is 0 Å². The molecule has 0 saturated carbocycles. The molecule has 1 atom stereocenters. The minimum absolute atomic E-state index is 0.270. The van der Waals surface area contributed by atoms with Gasteiger partial charge in [-0.25, -0.2) is 8.42 Å². The highest BCUT2D eigenvalue weighted by molar-refractivity contribution is 7.92. The summed E-state index contributed by atoms with van der Waals surface area (Å²) in [5.41, 5.74) is 0.501. The molecule has 1 heterocycles. The van der Waals surface area contributed by atoms with Gasteiger partial charge in [0.25, 0.3) is 0 Å². The van der Waals surface area contributed by atoms with Gasteiger partial charge in [0, 0.05) is 6.54 Å². The Morgan fingerprint density at radius 1 is 1.20 bits per heavy atom. The summed E-state index contributed by atoms with van der Waals surface area (Å²) < 4.78 is 25.5. The molecular formula is C18H29N3O3S. The van der Waals surface area contributed by atoms with Crippen LogP contribution in [0.1, 0.15) is 32.6 Å². The first-order valence-corrected chi connectivity index (χ1v) is 10.8. The molecule has 6 nitrogen and oxygen atoms in total. The maximum absolute atomic E-state index is 12.4. The van der Waals surface area contributed by atoms with Crippen LogP contribution in [-0.4, -0.2) is 57.7 Å². The Morgan fingerprint density at radius 2 is 1.84 bits per heavy atom. The Balaban J connectivity index is 1.88. The normalized spacial score (nSPS) is 17.0. The van der Waals surface area contributed by atoms with Gasteiger partial charge in [-0.2, -0.15) is 0 Å². The molecule has 1 aromatic carbocycles. The van der Waals surface area contributed by atoms with Crippen molar-refractivity contribution in [3.8, 4) is 0 Å². The first-order chi connectivity index (χ1) is 11.9. The number of carbonyl (C=O) groups is 1. The number of nitrogens with one attached hydrogen (secondary N) is 1. The van der Waals surface area contributed by atoms with Crippen LogP contribution in [0.5, 0.6) is 0 Å². The minimum atomic E-state index is -3.55. The van der Waals surface area contributed by atoms with Gasteiger partial charge in [-0.1, -0.05) is 24.6 Å². The monoisotopic (exact) mass is 367 g/mol. The molecule has 0 aliphatic carbocycles. The third-order valence-electron chi connectivity index (χ3n) is 4.50. The topological polar surface area (TPSA) is 69.7 Å². The zero-order chi connectivity index (χ0) is 18.3. The molecular weight excluding hydrogens is 338 g/mol. The summed E-state index contributed by atoms with van der Waals surface area (Å²) in [6, 6.07) is 7.94. The molecule has 1 N–H and O–H groups in total. The lowest BCUT2D eigenvalue weighted by molar-refractivity contribution is -0.121. The molecule has 1 unspecified atom stereocenters. The summed E-state index contributed by atoms with van der Waals surface area (Å²) in [7, 11) is -3.55. The number of piperidine rings is 1. The van der Waals surface area contributed by atoms with Gasteiger partial charge in [0.15, 0.2) is 0 Å². The van der Waals surface area contributed by atoms with E-state index in [1.54, 1.807) is 31.2 Å². The smallest absolute Gasteiger partial charge is 0.243 e. The number of sulfonamides is 1. The maximum Gasteiger partial charge on any atom is 0.243 e. The third-order valence-corrected chi connectivity index (χ3v) is 5.74. The van der Waals surface area contributed by atoms with Gasteiger partial charge in [-0.15, -0.1) is 0 Å². The molecule has 0 radical (unpaired) electrons. The summed E-state index contributed by atoms with van der Waals surface area (Å²) in [6.45, 7) is 5.43. The number of rotatable bonds is 8. The summed E-state index contributed by atoms with van der Waals surface area (Å²) in [5, 5.41) is 2.87. The Labute approximate surface area is 151 Å². The highest BCUT2D eigenvalue weighted by Gasteiger charge is 2.28. The van der Waals surface area contributed by atoms with Crippen LogP contribution < -0.4 is 9.62 Å². The van der Waals surface area contributed by atoms with Crippen molar-refractivity contribution in [3.05, 3.63) is 30.3 Å². The van der Waals surface area contributed by atoms with Crippen LogP contribution in [-0.2, 0) is 14.8 Å². The van der Waals surface area contributed by atoms with Gasteiger partial charge in [0.05, 0.1) is 11.9 Å². The summed E-state index contributed by atoms with van der Waals surface area (Å²) in [4.78, 5) is 14.8. The van der Waals surface area contributed by atoms with Crippen molar-refractivity contribution in [2.75, 3.05) is 36.7 Å². The molecule has 0 bridgehead atoms. The summed E-state index contributed by atoms with van der Waals surface area (Å²) in [5.74, 6) is -0.270. The van der Waals surface area contributed by atoms with Crippen molar-refractivity contribution in [1.29, 1.82) is 0 Å². The number of carbonyl (C=O) groups excluding carboxylic acids is 1. The van der Waals surface area contributed by atoms with Gasteiger partial charge >= 0.3 is 0 Å². The van der Waals surface area contributed by atoms with Gasteiger partial charge in [0.1, 0.15) is 6.04 Å². The van der Waals surface area contributed by atoms with Gasteiger partial charge in [-0.3, -0.25) is 9.10 Å². The fourth-order valence-corrected chi connectivity index (χ4v) is 4.40. The molecule has 2 rings (SSSR count). The first-order valence-electron chi connectivity index (χ1n) is 8.94. The van der Waals surface area contributed by atoms with Crippen LogP contribution in [0, 0.1) is 0 Å². The van der Waals surface area contributed by atoms with E-state index in [-0.39, 0.29) is 5.91 Å². The number of hydrogen-bond acceptors (Lipinski definition) is 4. The molecule has 1 aliphatic rings. The lowest BCUT2D eigenvalue weighted by Gasteiger charge is -2.28. The molecule has 1 fully saturated rings. The number of benzene rings is 1. The van der Waals surface area contributed by atoms with Crippen molar-refractivity contribution >= 4 is 21.6 Å². The Hall–Kier alpha value is -1.60. The number of nitrogens with zero attached hydrogens (tertiary/aromatic N) is 2. The minimum Gasteiger partial charge on any atom is -0.354 e. The van der Waals surface area contributed by atoms with Gasteiger partial charge in [-0.05, 0) is 58.0 Å². The van der Waals surface area contributed by atoms with Gasteiger partial charge < -0.3 is 10.2 Å². The standard InChI is InChI=1S/C18H29N3O3S/c1-16(21(25(2,23)24)17-10-5-3-6-11-17)18(22)19-12-9-15-20-13-7-4-8-14-20/h3,5-6,10-11,16H,4,7-9,12-15H2,1-2H3,(H,19,22). The van der Waals surface area contributed by atoms with Crippen molar-refractivity contribution in [2.24, 2.45) is 0 Å². The van der Waals surface area contributed by atoms with Crippen molar-refractivity contribution in [1.82, 2.24) is 10.2 Å². The van der Waals surface area contributed by atoms with Crippen molar-refractivity contribution in [3.63, 3.8) is 0 Å². The number of anilines is 1. The van der Waals surface area contributed by atoms with E-state index in [2.05, 4.69) is 10.2 Å². The van der Waals surface area contributed by atoms with Crippen molar-refractivity contribution < 1.29 is 13.2 Å². The zero-order valence-corrected chi connectivity index (χ0v) is 16.0. The van der Waals surface area contributed by atoms with E-state index in [1.165, 1.54) is 23.6 Å². The molecule has 0 spiro atoms. The average Bonchev–Trinajstić information content (AvgIpc) is 2.59. The fraction of sp³-hybridized carbons (Fsp3) is 0.611. The summed E-state index contributed by atoms with van der Waals surface area (Å²) >= 11 is 0. The third kappa shape index (κ3) is 6.01. The first kappa shape index (κ1) is 19.7. The second-order valence-electron chi connectivity index (χ2n) is 6.62. The second-order valence-corrected chi connectivity index (χ2v) is 8.48. The molecule has 1 aromatic rings. The van der Waals surface area contributed by atoms with Crippen LogP contribution in [0.15, 0.2) is 30.3 Å². The van der Waals surface area contributed by atoms with Crippen LogP contribution in [0.25, 0.3) is 0 Å². The number of amides is 1. The number of likely N-dealkylation sites (tertiary alicyclic amines) is 1. The number of hydrogen-bond donors (Lipinski definition) is 1. The Kier molecular flexibility index (Phi) is 7.25. The molecule has 7 heteroatoms. The highest BCUT2D eigenvalue weighted by atomic mass is 32.2. The lowest BCUT2D eigenvalue weighted by atomic mass is 10.1. The van der Waals surface area contributed by atoms with Gasteiger partial charge in [0.2, 0.25) is 15.9 Å². The molecule has 1 aliphatic heterocycles. The molecule has 1 saturated heterocycles. The average molecular weight is 368 g/mol.